The van der Waals surface area contributed by atoms with Crippen molar-refractivity contribution in [3.63, 3.8) is 0 Å². The molecule has 3 heterocycles. The van der Waals surface area contributed by atoms with E-state index in [1.54, 1.807) is 0 Å². The van der Waals surface area contributed by atoms with E-state index in [2.05, 4.69) is 89.1 Å². The van der Waals surface area contributed by atoms with E-state index in [4.69, 9.17) is 0 Å². The van der Waals surface area contributed by atoms with Gasteiger partial charge in [-0.05, 0) is 70.1 Å². The van der Waals surface area contributed by atoms with Crippen molar-refractivity contribution >= 4 is 16.6 Å². The van der Waals surface area contributed by atoms with Gasteiger partial charge in [-0.3, -0.25) is 10.1 Å². The Hall–Kier alpha value is -2.70. The lowest BCUT2D eigenvalue weighted by Gasteiger charge is -2.35. The van der Waals surface area contributed by atoms with Crippen LogP contribution in [0.3, 0.4) is 0 Å². The maximum absolute atomic E-state index is 4.58. The van der Waals surface area contributed by atoms with E-state index in [9.17, 15) is 0 Å². The number of nitrogens with zero attached hydrogens (tertiary/aromatic N) is 4. The molecule has 1 aliphatic rings. The molecule has 0 bridgehead atoms. The molecule has 4 rings (SSSR count). The largest absolute Gasteiger partial charge is 0.381 e. The molecular formula is C25H34N6. The number of H-pyrrole nitrogens is 1. The van der Waals surface area contributed by atoms with Gasteiger partial charge >= 0.3 is 0 Å². The minimum atomic E-state index is 0.448. The summed E-state index contributed by atoms with van der Waals surface area (Å²) in [5.74, 6) is 0. The average Bonchev–Trinajstić information content (AvgIpc) is 3.17. The zero-order valence-corrected chi connectivity index (χ0v) is 19.2. The van der Waals surface area contributed by atoms with E-state index in [-0.39, 0.29) is 0 Å². The van der Waals surface area contributed by atoms with E-state index < -0.39 is 0 Å². The van der Waals surface area contributed by atoms with E-state index >= 15 is 0 Å². The lowest BCUT2D eigenvalue weighted by Crippen LogP contribution is -2.44. The number of fused-ring (bicyclic) bond motifs is 1. The lowest BCUT2D eigenvalue weighted by atomic mass is 10.0. The zero-order chi connectivity index (χ0) is 22.0. The molecule has 0 radical (unpaired) electrons. The number of aromatic nitrogens is 3. The summed E-state index contributed by atoms with van der Waals surface area (Å²) in [6.45, 7) is 12.0. The molecule has 1 aliphatic heterocycles. The van der Waals surface area contributed by atoms with Gasteiger partial charge in [-0.15, -0.1) is 0 Å². The van der Waals surface area contributed by atoms with Crippen LogP contribution >= 0.6 is 0 Å². The minimum Gasteiger partial charge on any atom is -0.381 e. The van der Waals surface area contributed by atoms with Crippen LogP contribution in [0.15, 0.2) is 43.2 Å². The molecule has 31 heavy (non-hydrogen) atoms. The van der Waals surface area contributed by atoms with Gasteiger partial charge < -0.3 is 15.1 Å². The van der Waals surface area contributed by atoms with Gasteiger partial charge in [0, 0.05) is 55.1 Å². The van der Waals surface area contributed by atoms with E-state index in [0.717, 1.165) is 65.9 Å². The van der Waals surface area contributed by atoms with Gasteiger partial charge in [0.25, 0.3) is 0 Å². The number of hydrogen-bond acceptors (Lipinski definition) is 5. The lowest BCUT2D eigenvalue weighted by molar-refractivity contribution is 0.167. The van der Waals surface area contributed by atoms with Gasteiger partial charge in [0.2, 0.25) is 0 Å². The van der Waals surface area contributed by atoms with Crippen molar-refractivity contribution in [1.82, 2.24) is 30.3 Å². The predicted octanol–water partition coefficient (Wildman–Crippen LogP) is 4.12. The predicted molar refractivity (Wildman–Crippen MR) is 129 cm³/mol. The van der Waals surface area contributed by atoms with Crippen LogP contribution in [0.2, 0.25) is 0 Å². The second-order valence-corrected chi connectivity index (χ2v) is 9.18. The average molecular weight is 419 g/mol. The Morgan fingerprint density at radius 3 is 2.68 bits per heavy atom. The quantitative estimate of drug-likeness (QED) is 0.604. The summed E-state index contributed by atoms with van der Waals surface area (Å²) < 4.78 is 0. The molecule has 0 amide bonds. The van der Waals surface area contributed by atoms with Gasteiger partial charge in [0.15, 0.2) is 0 Å². The molecule has 164 valence electrons. The maximum Gasteiger partial charge on any atom is 0.115 e. The van der Waals surface area contributed by atoms with Crippen molar-refractivity contribution in [3.05, 3.63) is 54.5 Å². The van der Waals surface area contributed by atoms with Crippen LogP contribution in [0.1, 0.15) is 37.9 Å². The van der Waals surface area contributed by atoms with Crippen LogP contribution in [0.4, 0.5) is 0 Å². The van der Waals surface area contributed by atoms with Crippen molar-refractivity contribution in [2.24, 2.45) is 0 Å². The highest BCUT2D eigenvalue weighted by Gasteiger charge is 2.22. The third-order valence-electron chi connectivity index (χ3n) is 6.11. The Bertz CT molecular complexity index is 1040. The van der Waals surface area contributed by atoms with Gasteiger partial charge in [-0.25, -0.2) is 0 Å². The zero-order valence-electron chi connectivity index (χ0n) is 19.2. The van der Waals surface area contributed by atoms with Crippen molar-refractivity contribution in [2.75, 3.05) is 27.2 Å². The van der Waals surface area contributed by atoms with Gasteiger partial charge in [0.05, 0.1) is 11.2 Å². The molecular weight excluding hydrogens is 384 g/mol. The molecule has 2 N–H and O–H groups in total. The number of nitrogens with one attached hydrogen (secondary N) is 2. The molecule has 3 aromatic rings. The normalized spacial score (nSPS) is 15.8. The van der Waals surface area contributed by atoms with Crippen LogP contribution < -0.4 is 5.32 Å². The van der Waals surface area contributed by atoms with Gasteiger partial charge in [-0.1, -0.05) is 12.6 Å². The Kier molecular flexibility index (Phi) is 6.39. The Morgan fingerprint density at radius 2 is 1.97 bits per heavy atom. The first-order valence-electron chi connectivity index (χ1n) is 11.2. The van der Waals surface area contributed by atoms with Crippen molar-refractivity contribution < 1.29 is 0 Å². The molecule has 0 atom stereocenters. The SMILES string of the molecule is C=C(NC1CCN(C(C)C)CC1)c1n[nH]c2ccc(-c3cncc(CN(C)C)c3)cc12. The third kappa shape index (κ3) is 4.97. The topological polar surface area (TPSA) is 60.1 Å². The number of likely N-dealkylation sites (tertiary alicyclic amines) is 1. The number of piperidine rings is 1. The summed E-state index contributed by atoms with van der Waals surface area (Å²) in [5.41, 5.74) is 6.28. The summed E-state index contributed by atoms with van der Waals surface area (Å²) in [5, 5.41) is 12.5. The van der Waals surface area contributed by atoms with E-state index in [0.29, 0.717) is 12.1 Å². The monoisotopic (exact) mass is 418 g/mol. The maximum atomic E-state index is 4.58. The molecule has 0 spiro atoms. The molecule has 1 aromatic carbocycles. The molecule has 6 heteroatoms. The fourth-order valence-electron chi connectivity index (χ4n) is 4.40. The number of aromatic amines is 1. The summed E-state index contributed by atoms with van der Waals surface area (Å²) in [6.07, 6.45) is 6.13. The molecule has 0 saturated carbocycles. The van der Waals surface area contributed by atoms with Crippen LogP contribution in [0, 0.1) is 0 Å². The Morgan fingerprint density at radius 1 is 1.19 bits per heavy atom. The first-order valence-corrected chi connectivity index (χ1v) is 11.2. The number of pyridine rings is 1. The first-order chi connectivity index (χ1) is 14.9. The fourth-order valence-corrected chi connectivity index (χ4v) is 4.40. The molecule has 1 saturated heterocycles. The molecule has 6 nitrogen and oxygen atoms in total. The van der Waals surface area contributed by atoms with E-state index in [1.165, 1.54) is 5.56 Å². The van der Waals surface area contributed by atoms with E-state index in [1.807, 2.05) is 12.4 Å². The smallest absolute Gasteiger partial charge is 0.115 e. The highest BCUT2D eigenvalue weighted by Crippen LogP contribution is 2.28. The number of rotatable bonds is 7. The minimum absolute atomic E-state index is 0.448. The summed E-state index contributed by atoms with van der Waals surface area (Å²) in [4.78, 5) is 9.14. The Balaban J connectivity index is 1.53. The highest BCUT2D eigenvalue weighted by atomic mass is 15.2. The number of hydrogen-bond donors (Lipinski definition) is 2. The second-order valence-electron chi connectivity index (χ2n) is 9.18. The van der Waals surface area contributed by atoms with Crippen molar-refractivity contribution in [1.29, 1.82) is 0 Å². The third-order valence-corrected chi connectivity index (χ3v) is 6.11. The second kappa shape index (κ2) is 9.20. The summed E-state index contributed by atoms with van der Waals surface area (Å²) >= 11 is 0. The van der Waals surface area contributed by atoms with Crippen LogP contribution in [-0.4, -0.2) is 64.2 Å². The Labute approximate surface area is 185 Å². The van der Waals surface area contributed by atoms with Crippen LogP contribution in [-0.2, 0) is 6.54 Å². The molecule has 2 aromatic heterocycles. The molecule has 1 fully saturated rings. The fraction of sp³-hybridized carbons (Fsp3) is 0.440. The molecule has 0 aliphatic carbocycles. The summed E-state index contributed by atoms with van der Waals surface area (Å²) in [7, 11) is 4.14. The van der Waals surface area contributed by atoms with Gasteiger partial charge in [0.1, 0.15) is 5.69 Å². The van der Waals surface area contributed by atoms with Gasteiger partial charge in [-0.2, -0.15) is 5.10 Å². The van der Waals surface area contributed by atoms with Crippen LogP contribution in [0.5, 0.6) is 0 Å². The van der Waals surface area contributed by atoms with Crippen molar-refractivity contribution in [3.8, 4) is 11.1 Å². The highest BCUT2D eigenvalue weighted by molar-refractivity contribution is 5.92. The van der Waals surface area contributed by atoms with Crippen LogP contribution in [0.25, 0.3) is 27.7 Å². The number of benzene rings is 1. The first kappa shape index (κ1) is 21.5. The molecule has 0 unspecified atom stereocenters. The van der Waals surface area contributed by atoms with Crippen molar-refractivity contribution in [2.45, 2.75) is 45.3 Å². The summed E-state index contributed by atoms with van der Waals surface area (Å²) in [6, 6.07) is 9.68. The standard InChI is InChI=1S/C25H34N6/c1-17(2)31-10-8-22(9-11-31)27-18(3)25-23-13-20(6-7-24(23)28-29-25)21-12-19(14-26-15-21)16-30(4)5/h6-7,12-15,17,22,27H,3,8-11,16H2,1-2,4-5H3,(H,28,29).